The van der Waals surface area contributed by atoms with Gasteiger partial charge in [-0.3, -0.25) is 9.48 Å². The number of hydrogen-bond donors (Lipinski definition) is 1. The highest BCUT2D eigenvalue weighted by Crippen LogP contribution is 2.36. The van der Waals surface area contributed by atoms with Gasteiger partial charge in [0, 0.05) is 16.8 Å². The van der Waals surface area contributed by atoms with Crippen LogP contribution in [0.15, 0.2) is 67.0 Å². The van der Waals surface area contributed by atoms with Gasteiger partial charge in [-0.2, -0.15) is 5.10 Å². The van der Waals surface area contributed by atoms with E-state index in [0.29, 0.717) is 63.3 Å². The first-order chi connectivity index (χ1) is 18.4. The summed E-state index contributed by atoms with van der Waals surface area (Å²) in [5, 5.41) is 8.30. The summed E-state index contributed by atoms with van der Waals surface area (Å²) in [6.07, 6.45) is 3.37. The van der Waals surface area contributed by atoms with Crippen molar-refractivity contribution in [2.75, 3.05) is 18.5 Å². The number of anilines is 1. The van der Waals surface area contributed by atoms with Crippen LogP contribution in [0.2, 0.25) is 15.1 Å². The van der Waals surface area contributed by atoms with Gasteiger partial charge >= 0.3 is 0 Å². The molecule has 1 N–H and O–H groups in total. The first-order valence-corrected chi connectivity index (χ1v) is 13.1. The molecule has 4 aromatic rings. The standard InChI is InChI=1S/C28H26Cl3N3O4/c1-3-36-25-9-8-18(11-26(25)37-4-2)15-34-16-22(14-32-34)33-28(35)20-7-5-6-19(10-20)17-38-27-23(30)12-21(29)13-24(27)31/h5-14,16H,3-4,15,17H2,1-2H3,(H,33,35). The molecule has 0 saturated heterocycles. The number of nitrogens with one attached hydrogen (secondary N) is 1. The van der Waals surface area contributed by atoms with Crippen LogP contribution in [0.5, 0.6) is 17.2 Å². The number of carbonyl (C=O) groups excluding carboxylic acids is 1. The Kier molecular flexibility index (Phi) is 9.39. The van der Waals surface area contributed by atoms with Crippen LogP contribution in [-0.4, -0.2) is 28.9 Å². The van der Waals surface area contributed by atoms with Crippen molar-refractivity contribution in [2.24, 2.45) is 0 Å². The number of aromatic nitrogens is 2. The molecular formula is C28H26Cl3N3O4. The summed E-state index contributed by atoms with van der Waals surface area (Å²) >= 11 is 18.3. The van der Waals surface area contributed by atoms with Crippen molar-refractivity contribution in [1.29, 1.82) is 0 Å². The molecular weight excluding hydrogens is 549 g/mol. The van der Waals surface area contributed by atoms with E-state index in [9.17, 15) is 4.79 Å². The predicted octanol–water partition coefficient (Wildman–Crippen LogP) is 7.52. The Balaban J connectivity index is 1.39. The molecule has 1 aromatic heterocycles. The minimum atomic E-state index is -0.270. The molecule has 0 radical (unpaired) electrons. The number of halogens is 3. The highest BCUT2D eigenvalue weighted by atomic mass is 35.5. The molecule has 0 aliphatic heterocycles. The van der Waals surface area contributed by atoms with Crippen molar-refractivity contribution in [2.45, 2.75) is 27.0 Å². The molecule has 0 bridgehead atoms. The molecule has 38 heavy (non-hydrogen) atoms. The van der Waals surface area contributed by atoms with E-state index < -0.39 is 0 Å². The Bertz CT molecular complexity index is 1400. The SMILES string of the molecule is CCOc1ccc(Cn2cc(NC(=O)c3cccc(COc4c(Cl)cc(Cl)cc4Cl)c3)cn2)cc1OCC. The summed E-state index contributed by atoms with van der Waals surface area (Å²) in [5.41, 5.74) is 2.81. The maximum Gasteiger partial charge on any atom is 0.255 e. The lowest BCUT2D eigenvalue weighted by molar-refractivity contribution is 0.102. The zero-order chi connectivity index (χ0) is 27.1. The molecule has 198 valence electrons. The minimum Gasteiger partial charge on any atom is -0.490 e. The maximum absolute atomic E-state index is 12.9. The third-order valence-corrected chi connectivity index (χ3v) is 6.16. The molecule has 7 nitrogen and oxygen atoms in total. The third kappa shape index (κ3) is 7.13. The number of hydrogen-bond acceptors (Lipinski definition) is 5. The molecule has 0 aliphatic carbocycles. The molecule has 3 aromatic carbocycles. The van der Waals surface area contributed by atoms with Gasteiger partial charge in [0.15, 0.2) is 17.2 Å². The second-order valence-corrected chi connectivity index (χ2v) is 9.47. The maximum atomic E-state index is 12.9. The number of amides is 1. The van der Waals surface area contributed by atoms with E-state index in [0.717, 1.165) is 11.1 Å². The highest BCUT2D eigenvalue weighted by Gasteiger charge is 2.12. The fourth-order valence-electron chi connectivity index (χ4n) is 3.72. The summed E-state index contributed by atoms with van der Waals surface area (Å²) < 4.78 is 18.9. The van der Waals surface area contributed by atoms with Gasteiger partial charge in [0.25, 0.3) is 5.91 Å². The average molecular weight is 575 g/mol. The largest absolute Gasteiger partial charge is 0.490 e. The number of ether oxygens (including phenoxy) is 3. The molecule has 4 rings (SSSR count). The first kappa shape index (κ1) is 27.6. The van der Waals surface area contributed by atoms with E-state index >= 15 is 0 Å². The minimum absolute atomic E-state index is 0.173. The molecule has 10 heteroatoms. The molecule has 0 fully saturated rings. The van der Waals surface area contributed by atoms with Crippen LogP contribution in [0.1, 0.15) is 35.3 Å². The molecule has 0 unspecified atom stereocenters. The van der Waals surface area contributed by atoms with E-state index in [4.69, 9.17) is 49.0 Å². The highest BCUT2D eigenvalue weighted by molar-refractivity contribution is 6.40. The summed E-state index contributed by atoms with van der Waals surface area (Å²) in [5.74, 6) is 1.46. The summed E-state index contributed by atoms with van der Waals surface area (Å²) in [7, 11) is 0. The summed E-state index contributed by atoms with van der Waals surface area (Å²) in [4.78, 5) is 12.9. The van der Waals surface area contributed by atoms with E-state index in [2.05, 4.69) is 10.4 Å². The van der Waals surface area contributed by atoms with Gasteiger partial charge in [-0.15, -0.1) is 0 Å². The topological polar surface area (TPSA) is 74.6 Å². The lowest BCUT2D eigenvalue weighted by Gasteiger charge is -2.12. The second kappa shape index (κ2) is 12.9. The van der Waals surface area contributed by atoms with Crippen LogP contribution in [0, 0.1) is 0 Å². The van der Waals surface area contributed by atoms with E-state index in [1.165, 1.54) is 0 Å². The Hall–Kier alpha value is -3.39. The van der Waals surface area contributed by atoms with Gasteiger partial charge in [0.2, 0.25) is 0 Å². The van der Waals surface area contributed by atoms with Crippen LogP contribution in [0.4, 0.5) is 5.69 Å². The smallest absolute Gasteiger partial charge is 0.255 e. The van der Waals surface area contributed by atoms with E-state index in [1.807, 2.05) is 38.1 Å². The molecule has 0 aliphatic rings. The first-order valence-electron chi connectivity index (χ1n) is 11.9. The monoisotopic (exact) mass is 573 g/mol. The van der Waals surface area contributed by atoms with Crippen molar-refractivity contribution < 1.29 is 19.0 Å². The van der Waals surface area contributed by atoms with Crippen LogP contribution in [0.3, 0.4) is 0 Å². The Morgan fingerprint density at radius 3 is 2.37 bits per heavy atom. The van der Waals surface area contributed by atoms with Crippen LogP contribution in [-0.2, 0) is 13.2 Å². The number of rotatable bonds is 11. The zero-order valence-electron chi connectivity index (χ0n) is 20.8. The fraction of sp³-hybridized carbons (Fsp3) is 0.214. The van der Waals surface area contributed by atoms with Gasteiger partial charge in [-0.25, -0.2) is 0 Å². The van der Waals surface area contributed by atoms with E-state index in [-0.39, 0.29) is 12.5 Å². The van der Waals surface area contributed by atoms with Crippen molar-refractivity contribution in [1.82, 2.24) is 9.78 Å². The van der Waals surface area contributed by atoms with Crippen molar-refractivity contribution in [3.8, 4) is 17.2 Å². The Morgan fingerprint density at radius 2 is 1.63 bits per heavy atom. The summed E-state index contributed by atoms with van der Waals surface area (Å²) in [6.45, 7) is 5.64. The zero-order valence-corrected chi connectivity index (χ0v) is 23.1. The second-order valence-electron chi connectivity index (χ2n) is 8.22. The average Bonchev–Trinajstić information content (AvgIpc) is 3.32. The van der Waals surface area contributed by atoms with Crippen LogP contribution < -0.4 is 19.5 Å². The predicted molar refractivity (Wildman–Crippen MR) is 150 cm³/mol. The summed E-state index contributed by atoms with van der Waals surface area (Å²) in [6, 6.07) is 16.0. The van der Waals surface area contributed by atoms with E-state index in [1.54, 1.807) is 47.4 Å². The van der Waals surface area contributed by atoms with Gasteiger partial charge in [-0.1, -0.05) is 53.0 Å². The van der Waals surface area contributed by atoms with Gasteiger partial charge < -0.3 is 19.5 Å². The van der Waals surface area contributed by atoms with Crippen molar-refractivity contribution in [3.05, 3.63) is 98.7 Å². The lowest BCUT2D eigenvalue weighted by Crippen LogP contribution is -2.12. The third-order valence-electron chi connectivity index (χ3n) is 5.38. The molecule has 1 heterocycles. The number of benzene rings is 3. The van der Waals surface area contributed by atoms with Gasteiger partial charge in [0.05, 0.1) is 41.7 Å². The number of nitrogens with zero attached hydrogens (tertiary/aromatic N) is 2. The van der Waals surface area contributed by atoms with Crippen molar-refractivity contribution in [3.63, 3.8) is 0 Å². The molecule has 0 spiro atoms. The number of carbonyl (C=O) groups is 1. The normalized spacial score (nSPS) is 10.8. The molecule has 1 amide bonds. The Morgan fingerprint density at radius 1 is 0.895 bits per heavy atom. The van der Waals surface area contributed by atoms with Crippen molar-refractivity contribution >= 4 is 46.4 Å². The van der Waals surface area contributed by atoms with Gasteiger partial charge in [0.1, 0.15) is 6.61 Å². The fourth-order valence-corrected chi connectivity index (χ4v) is 4.65. The molecule has 0 atom stereocenters. The molecule has 0 saturated carbocycles. The lowest BCUT2D eigenvalue weighted by atomic mass is 10.1. The van der Waals surface area contributed by atoms with Gasteiger partial charge in [-0.05, 0) is 61.4 Å². The van der Waals surface area contributed by atoms with Crippen LogP contribution >= 0.6 is 34.8 Å². The quantitative estimate of drug-likeness (QED) is 0.201. The van der Waals surface area contributed by atoms with Crippen LogP contribution in [0.25, 0.3) is 0 Å². The Labute approximate surface area is 236 Å².